The molecule has 11 nitrogen and oxygen atoms in total. The van der Waals surface area contributed by atoms with Gasteiger partial charge < -0.3 is 14.2 Å². The molecule has 2 aromatic heterocycles. The average molecular weight is 646 g/mol. The highest BCUT2D eigenvalue weighted by Crippen LogP contribution is 2.40. The van der Waals surface area contributed by atoms with Gasteiger partial charge in [0.2, 0.25) is 0 Å². The Bertz CT molecular complexity index is 617. The van der Waals surface area contributed by atoms with Crippen molar-refractivity contribution in [3.63, 3.8) is 0 Å². The number of hydrogen-bond acceptors (Lipinski definition) is 11. The first-order valence-electron chi connectivity index (χ1n) is 9.57. The Hall–Kier alpha value is -0.0200. The summed E-state index contributed by atoms with van der Waals surface area (Å²) in [5.41, 5.74) is 0. The van der Waals surface area contributed by atoms with Gasteiger partial charge in [0.25, 0.3) is 0 Å². The summed E-state index contributed by atoms with van der Waals surface area (Å²) in [4.78, 5) is 0. The minimum absolute atomic E-state index is 0.370. The molecule has 0 saturated carbocycles. The Kier molecular flexibility index (Phi) is 29.9. The molecule has 0 amide bonds. The fraction of sp³-hybridized carbons (Fsp3) is 1.00. The molecule has 0 N–H and O–H groups in total. The molecule has 0 saturated heterocycles. The van der Waals surface area contributed by atoms with Crippen molar-refractivity contribution in [2.45, 2.75) is 46.2 Å². The van der Waals surface area contributed by atoms with E-state index >= 15 is 0 Å². The zero-order valence-electron chi connectivity index (χ0n) is 20.0. The summed E-state index contributed by atoms with van der Waals surface area (Å²) in [7, 11) is 7.22. The first kappa shape index (κ1) is 40.5. The van der Waals surface area contributed by atoms with Gasteiger partial charge in [0.05, 0.1) is 26.4 Å². The SMILES string of the molecule is CC.CC.COCCOC(F)(F)OC(F)(F)C(F)(F)OCCOC.n1pnpnp1.n1pnpnp1. The molecule has 0 radical (unpaired) electrons. The van der Waals surface area contributed by atoms with Gasteiger partial charge in [0.1, 0.15) is 0 Å². The van der Waals surface area contributed by atoms with Crippen LogP contribution in [0.15, 0.2) is 0 Å². The second-order valence-electron chi connectivity index (χ2n) is 4.35. The largest absolute Gasteiger partial charge is 0.490 e. The molecule has 2 heterocycles. The maximum absolute atomic E-state index is 12.9. The van der Waals surface area contributed by atoms with Crippen molar-refractivity contribution in [2.24, 2.45) is 0 Å². The molecule has 210 valence electrons. The minimum atomic E-state index is -5.60. The molecule has 0 fully saturated rings. The Labute approximate surface area is 215 Å². The van der Waals surface area contributed by atoms with Crippen LogP contribution in [0.3, 0.4) is 0 Å². The number of halogens is 6. The number of alkyl halides is 6. The quantitative estimate of drug-likeness (QED) is 0.138. The highest BCUT2D eigenvalue weighted by Gasteiger charge is 2.64. The van der Waals surface area contributed by atoms with E-state index in [1.54, 1.807) is 0 Å². The molecule has 23 heteroatoms. The zero-order valence-corrected chi connectivity index (χ0v) is 25.4. The fourth-order valence-electron chi connectivity index (χ4n) is 1.03. The Morgan fingerprint density at radius 2 is 0.806 bits per heavy atom. The topological polar surface area (TPSA) is 123 Å². The number of ether oxygens (including phenoxy) is 5. The van der Waals surface area contributed by atoms with Crippen LogP contribution < -0.4 is 0 Å². The smallest absolute Gasteiger partial charge is 0.382 e. The molecule has 0 aromatic carbocycles. The van der Waals surface area contributed by atoms with Gasteiger partial charge in [0, 0.05) is 14.2 Å². The van der Waals surface area contributed by atoms with Gasteiger partial charge in [0.15, 0.2) is 51.1 Å². The maximum atomic E-state index is 12.9. The van der Waals surface area contributed by atoms with E-state index in [0.29, 0.717) is 0 Å². The lowest BCUT2D eigenvalue weighted by molar-refractivity contribution is -0.526. The third-order valence-corrected chi connectivity index (χ3v) is 6.03. The van der Waals surface area contributed by atoms with E-state index in [0.717, 1.165) is 65.3 Å². The van der Waals surface area contributed by atoms with E-state index in [-0.39, 0.29) is 6.61 Å². The van der Waals surface area contributed by atoms with Gasteiger partial charge in [-0.15, -0.1) is 8.78 Å². The summed E-state index contributed by atoms with van der Waals surface area (Å²) in [6, 6.07) is 0. The van der Waals surface area contributed by atoms with Gasteiger partial charge in [-0.3, -0.25) is 4.74 Å². The predicted octanol–water partition coefficient (Wildman–Crippen LogP) is 7.34. The van der Waals surface area contributed by atoms with Gasteiger partial charge in [-0.25, -0.2) is 4.74 Å². The summed E-state index contributed by atoms with van der Waals surface area (Å²) < 4.78 is 118. The minimum Gasteiger partial charge on any atom is -0.382 e. The molecule has 0 spiro atoms. The highest BCUT2D eigenvalue weighted by molar-refractivity contribution is 7.44. The van der Waals surface area contributed by atoms with Crippen LogP contribution >= 0.6 is 51.1 Å². The van der Waals surface area contributed by atoms with E-state index in [2.05, 4.69) is 50.7 Å². The van der Waals surface area contributed by atoms with Crippen LogP contribution in [0.2, 0.25) is 0 Å². The lowest BCUT2D eigenvalue weighted by atomic mass is 10.5. The summed E-state index contributed by atoms with van der Waals surface area (Å²) in [6.45, 7) is 5.41. The highest BCUT2D eigenvalue weighted by atomic mass is 31.1. The van der Waals surface area contributed by atoms with E-state index in [4.69, 9.17) is 0 Å². The van der Waals surface area contributed by atoms with Crippen LogP contribution in [0.25, 0.3) is 0 Å². The lowest BCUT2D eigenvalue weighted by Crippen LogP contribution is -2.50. The lowest BCUT2D eigenvalue weighted by Gasteiger charge is -2.28. The fourth-order valence-corrected chi connectivity index (χ4v) is 4.68. The summed E-state index contributed by atoms with van der Waals surface area (Å²) in [5.74, 6) is 0. The van der Waals surface area contributed by atoms with Crippen LogP contribution in [0.4, 0.5) is 26.3 Å². The Balaban J connectivity index is -0.000000543. The second-order valence-corrected chi connectivity index (χ2v) is 9.72. The van der Waals surface area contributed by atoms with E-state index in [1.165, 1.54) is 0 Å². The van der Waals surface area contributed by atoms with E-state index in [9.17, 15) is 26.3 Å². The molecular weight excluding hydrogens is 620 g/mol. The number of rotatable bonds is 11. The maximum Gasteiger partial charge on any atom is 0.490 e. The molecule has 0 aliphatic rings. The van der Waals surface area contributed by atoms with Crippen LogP contribution in [0.1, 0.15) is 27.7 Å². The molecular formula is C13H26F6N6O5P6. The molecule has 0 unspecified atom stereocenters. The third-order valence-electron chi connectivity index (χ3n) is 2.19. The summed E-state index contributed by atoms with van der Waals surface area (Å²) in [5, 5.41) is 0. The van der Waals surface area contributed by atoms with Gasteiger partial charge >= 0.3 is 18.5 Å². The second kappa shape index (κ2) is 26.6. The number of aromatic nitrogens is 6. The molecule has 36 heavy (non-hydrogen) atoms. The number of methoxy groups -OCH3 is 2. The van der Waals surface area contributed by atoms with Crippen molar-refractivity contribution in [3.8, 4) is 0 Å². The predicted molar refractivity (Wildman–Crippen MR) is 129 cm³/mol. The van der Waals surface area contributed by atoms with E-state index in [1.807, 2.05) is 27.7 Å². The first-order chi connectivity index (χ1) is 17.1. The zero-order chi connectivity index (χ0) is 28.3. The van der Waals surface area contributed by atoms with Gasteiger partial charge in [-0.1, -0.05) is 27.7 Å². The monoisotopic (exact) mass is 646 g/mol. The van der Waals surface area contributed by atoms with Crippen molar-refractivity contribution in [1.82, 2.24) is 27.1 Å². The standard InChI is InChI=1S/C9H14F6O5.2C2H6.2N3P3/c1-16-3-5-18-7(10,11)8(12,13)20-9(14,15)19-6-4-17-2;2*1-2;2*1-4-2-6-3-5-1/h3-6H2,1-2H3;2*1-2H3;;. The van der Waals surface area contributed by atoms with Gasteiger partial charge in [-0.05, 0) is 0 Å². The van der Waals surface area contributed by atoms with Crippen molar-refractivity contribution < 1.29 is 50.0 Å². The number of hydrogen-bond donors (Lipinski definition) is 0. The van der Waals surface area contributed by atoms with Crippen LogP contribution in [0, 0.1) is 0 Å². The molecule has 0 aliphatic carbocycles. The summed E-state index contributed by atoms with van der Waals surface area (Å²) in [6.07, 6.45) is -15.8. The van der Waals surface area contributed by atoms with Gasteiger partial charge in [-0.2, -0.15) is 44.6 Å². The molecule has 0 atom stereocenters. The van der Waals surface area contributed by atoms with E-state index < -0.39 is 38.3 Å². The van der Waals surface area contributed by atoms with Crippen LogP contribution in [-0.2, 0) is 23.7 Å². The van der Waals surface area contributed by atoms with Crippen LogP contribution in [0.5, 0.6) is 0 Å². The molecule has 0 bridgehead atoms. The van der Waals surface area contributed by atoms with Crippen LogP contribution in [-0.4, -0.2) is 86.2 Å². The molecule has 2 rings (SSSR count). The molecule has 0 aliphatic heterocycles. The first-order valence-corrected chi connectivity index (χ1v) is 14.4. The average Bonchev–Trinajstić information content (AvgIpc) is 2.89. The molecule has 2 aromatic rings. The van der Waals surface area contributed by atoms with Crippen molar-refractivity contribution in [2.75, 3.05) is 40.6 Å². The Morgan fingerprint density at radius 1 is 0.500 bits per heavy atom. The normalized spacial score (nSPS) is 12.0. The summed E-state index contributed by atoms with van der Waals surface area (Å²) >= 11 is 0. The van der Waals surface area contributed by atoms with Crippen molar-refractivity contribution >= 4 is 51.1 Å². The third kappa shape index (κ3) is 24.3. The number of nitrogens with zero attached hydrogens (tertiary/aromatic N) is 6. The van der Waals surface area contributed by atoms with Crippen molar-refractivity contribution in [3.05, 3.63) is 0 Å². The Morgan fingerprint density at radius 3 is 1.08 bits per heavy atom. The van der Waals surface area contributed by atoms with Crippen molar-refractivity contribution in [1.29, 1.82) is 0 Å².